The molecule has 0 bridgehead atoms. The first-order valence-electron chi connectivity index (χ1n) is 6.65. The summed E-state index contributed by atoms with van der Waals surface area (Å²) in [6.45, 7) is 6.68. The first-order chi connectivity index (χ1) is 8.55. The van der Waals surface area contributed by atoms with Crippen LogP contribution in [0, 0.1) is 5.41 Å². The molecule has 1 aromatic rings. The number of halogens is 1. The van der Waals surface area contributed by atoms with Gasteiger partial charge in [-0.3, -0.25) is 0 Å². The van der Waals surface area contributed by atoms with Gasteiger partial charge in [0, 0.05) is 30.1 Å². The van der Waals surface area contributed by atoms with Crippen LogP contribution < -0.4 is 0 Å². The molecule has 2 aliphatic heterocycles. The third kappa shape index (κ3) is 2.14. The van der Waals surface area contributed by atoms with Crippen molar-refractivity contribution in [2.75, 3.05) is 6.54 Å². The van der Waals surface area contributed by atoms with E-state index >= 15 is 0 Å². The fourth-order valence-corrected chi connectivity index (χ4v) is 3.21. The molecule has 2 heterocycles. The van der Waals surface area contributed by atoms with Crippen LogP contribution in [0.2, 0.25) is 5.02 Å². The number of amidine groups is 1. The molecule has 1 aromatic carbocycles. The maximum Gasteiger partial charge on any atom is 0.105 e. The Morgan fingerprint density at radius 3 is 3.00 bits per heavy atom. The Hall–Kier alpha value is -1.02. The number of hydrogen-bond acceptors (Lipinski definition) is 2. The molecule has 18 heavy (non-hydrogen) atoms. The molecule has 2 aliphatic rings. The van der Waals surface area contributed by atoms with Gasteiger partial charge < -0.3 is 4.90 Å². The van der Waals surface area contributed by atoms with E-state index < -0.39 is 0 Å². The maximum absolute atomic E-state index is 6.29. The molecule has 1 fully saturated rings. The Morgan fingerprint density at radius 1 is 1.33 bits per heavy atom. The summed E-state index contributed by atoms with van der Waals surface area (Å²) in [6, 6.07) is 6.02. The first-order valence-corrected chi connectivity index (χ1v) is 7.03. The molecule has 0 saturated carbocycles. The van der Waals surface area contributed by atoms with Gasteiger partial charge in [0.1, 0.15) is 5.84 Å². The number of fused-ring (bicyclic) bond motifs is 2. The van der Waals surface area contributed by atoms with Gasteiger partial charge in [-0.1, -0.05) is 31.5 Å². The second kappa shape index (κ2) is 4.27. The summed E-state index contributed by atoms with van der Waals surface area (Å²) in [5, 5.41) is 0.845. The van der Waals surface area contributed by atoms with Gasteiger partial charge in [-0.05, 0) is 30.4 Å². The molecular weight excluding hydrogens is 244 g/mol. The topological polar surface area (TPSA) is 15.6 Å². The Morgan fingerprint density at radius 2 is 2.17 bits per heavy atom. The predicted octanol–water partition coefficient (Wildman–Crippen LogP) is 4.40. The van der Waals surface area contributed by atoms with E-state index in [0.717, 1.165) is 30.2 Å². The van der Waals surface area contributed by atoms with Crippen molar-refractivity contribution in [1.29, 1.82) is 0 Å². The molecule has 0 radical (unpaired) electrons. The van der Waals surface area contributed by atoms with Crippen molar-refractivity contribution in [3.05, 3.63) is 28.8 Å². The van der Waals surface area contributed by atoms with Crippen LogP contribution in [-0.4, -0.2) is 17.3 Å². The Kier molecular flexibility index (Phi) is 2.86. The standard InChI is InChI=1S/C15H19ClN2/c1-15(2)8-4-7-14-17-13-6-3-5-12(16)11(13)9-18(14)10-15/h3,5-6H,4,7-10H2,1-2H3. The minimum Gasteiger partial charge on any atom is -0.355 e. The van der Waals surface area contributed by atoms with Crippen molar-refractivity contribution in [1.82, 2.24) is 4.90 Å². The van der Waals surface area contributed by atoms with Crippen LogP contribution in [0.1, 0.15) is 38.7 Å². The highest BCUT2D eigenvalue weighted by Crippen LogP contribution is 2.37. The SMILES string of the molecule is CC1(C)CCCC2=Nc3cccc(Cl)c3CN2C1. The molecule has 0 amide bonds. The minimum absolute atomic E-state index is 0.371. The van der Waals surface area contributed by atoms with Crippen LogP contribution >= 0.6 is 11.6 Å². The van der Waals surface area contributed by atoms with Crippen molar-refractivity contribution >= 4 is 23.1 Å². The van der Waals surface area contributed by atoms with E-state index in [9.17, 15) is 0 Å². The summed E-state index contributed by atoms with van der Waals surface area (Å²) in [7, 11) is 0. The summed E-state index contributed by atoms with van der Waals surface area (Å²) in [5.41, 5.74) is 2.62. The smallest absolute Gasteiger partial charge is 0.105 e. The fraction of sp³-hybridized carbons (Fsp3) is 0.533. The van der Waals surface area contributed by atoms with Gasteiger partial charge in [0.25, 0.3) is 0 Å². The average molecular weight is 263 g/mol. The van der Waals surface area contributed by atoms with Crippen molar-refractivity contribution < 1.29 is 0 Å². The molecule has 0 unspecified atom stereocenters. The summed E-state index contributed by atoms with van der Waals surface area (Å²) >= 11 is 6.29. The summed E-state index contributed by atoms with van der Waals surface area (Å²) < 4.78 is 0. The molecule has 0 N–H and O–H groups in total. The summed E-state index contributed by atoms with van der Waals surface area (Å²) in [4.78, 5) is 7.23. The van der Waals surface area contributed by atoms with Crippen molar-refractivity contribution in [3.8, 4) is 0 Å². The highest BCUT2D eigenvalue weighted by atomic mass is 35.5. The van der Waals surface area contributed by atoms with E-state index in [1.54, 1.807) is 0 Å². The average Bonchev–Trinajstić information content (AvgIpc) is 2.44. The van der Waals surface area contributed by atoms with Gasteiger partial charge >= 0.3 is 0 Å². The molecule has 3 rings (SSSR count). The van der Waals surface area contributed by atoms with Gasteiger partial charge in [0.15, 0.2) is 0 Å². The van der Waals surface area contributed by atoms with E-state index in [-0.39, 0.29) is 0 Å². The van der Waals surface area contributed by atoms with Gasteiger partial charge in [0.05, 0.1) is 5.69 Å². The highest BCUT2D eigenvalue weighted by Gasteiger charge is 2.30. The van der Waals surface area contributed by atoms with Crippen LogP contribution in [-0.2, 0) is 6.54 Å². The quantitative estimate of drug-likeness (QED) is 0.677. The zero-order valence-electron chi connectivity index (χ0n) is 11.0. The van der Waals surface area contributed by atoms with E-state index in [1.807, 2.05) is 12.1 Å². The van der Waals surface area contributed by atoms with Crippen LogP contribution in [0.25, 0.3) is 0 Å². The third-order valence-electron chi connectivity index (χ3n) is 3.93. The lowest BCUT2D eigenvalue weighted by molar-refractivity contribution is 0.243. The minimum atomic E-state index is 0.371. The van der Waals surface area contributed by atoms with Gasteiger partial charge in [-0.2, -0.15) is 0 Å². The van der Waals surface area contributed by atoms with Crippen LogP contribution in [0.5, 0.6) is 0 Å². The molecule has 0 spiro atoms. The van der Waals surface area contributed by atoms with Crippen LogP contribution in [0.15, 0.2) is 23.2 Å². The monoisotopic (exact) mass is 262 g/mol. The van der Waals surface area contributed by atoms with E-state index in [2.05, 4.69) is 24.8 Å². The van der Waals surface area contributed by atoms with E-state index in [0.29, 0.717) is 5.41 Å². The number of aliphatic imine (C=N–C) groups is 1. The zero-order valence-corrected chi connectivity index (χ0v) is 11.8. The largest absolute Gasteiger partial charge is 0.355 e. The maximum atomic E-state index is 6.29. The van der Waals surface area contributed by atoms with E-state index in [4.69, 9.17) is 16.6 Å². The van der Waals surface area contributed by atoms with Gasteiger partial charge in [0.2, 0.25) is 0 Å². The Balaban J connectivity index is 2.00. The molecule has 96 valence electrons. The third-order valence-corrected chi connectivity index (χ3v) is 4.28. The van der Waals surface area contributed by atoms with Crippen molar-refractivity contribution in [2.24, 2.45) is 10.4 Å². The van der Waals surface area contributed by atoms with Crippen molar-refractivity contribution in [3.63, 3.8) is 0 Å². The normalized spacial score (nSPS) is 21.7. The second-order valence-corrected chi connectivity index (χ2v) is 6.55. The molecule has 0 aromatic heterocycles. The first kappa shape index (κ1) is 12.0. The Bertz CT molecular complexity index is 505. The van der Waals surface area contributed by atoms with Crippen LogP contribution in [0.4, 0.5) is 5.69 Å². The lowest BCUT2D eigenvalue weighted by Gasteiger charge is -2.34. The van der Waals surface area contributed by atoms with Gasteiger partial charge in [-0.25, -0.2) is 4.99 Å². The molecular formula is C15H19ClN2. The van der Waals surface area contributed by atoms with Crippen molar-refractivity contribution in [2.45, 2.75) is 39.7 Å². The molecule has 1 saturated heterocycles. The molecule has 3 heteroatoms. The number of benzene rings is 1. The van der Waals surface area contributed by atoms with Crippen LogP contribution in [0.3, 0.4) is 0 Å². The second-order valence-electron chi connectivity index (χ2n) is 6.14. The fourth-order valence-electron chi connectivity index (χ4n) is 2.98. The Labute approximate surface area is 114 Å². The number of nitrogens with zero attached hydrogens (tertiary/aromatic N) is 2. The summed E-state index contributed by atoms with van der Waals surface area (Å²) in [6.07, 6.45) is 3.60. The number of rotatable bonds is 0. The summed E-state index contributed by atoms with van der Waals surface area (Å²) in [5.74, 6) is 1.25. The lowest BCUT2D eigenvalue weighted by atomic mass is 9.88. The number of hydrogen-bond donors (Lipinski definition) is 0. The zero-order chi connectivity index (χ0) is 12.8. The van der Waals surface area contributed by atoms with Gasteiger partial charge in [-0.15, -0.1) is 0 Å². The molecule has 0 aliphatic carbocycles. The predicted molar refractivity (Wildman–Crippen MR) is 76.6 cm³/mol. The van der Waals surface area contributed by atoms with E-state index in [1.165, 1.54) is 24.2 Å². The molecule has 2 nitrogen and oxygen atoms in total. The highest BCUT2D eigenvalue weighted by molar-refractivity contribution is 6.31. The molecule has 0 atom stereocenters. The lowest BCUT2D eigenvalue weighted by Crippen LogP contribution is -2.37.